The summed E-state index contributed by atoms with van der Waals surface area (Å²) >= 11 is 0. The summed E-state index contributed by atoms with van der Waals surface area (Å²) < 4.78 is 10.7. The summed E-state index contributed by atoms with van der Waals surface area (Å²) in [4.78, 5) is 14.4. The lowest BCUT2D eigenvalue weighted by Gasteiger charge is -2.27. The normalized spacial score (nSPS) is 15.2. The second kappa shape index (κ2) is 5.95. The van der Waals surface area contributed by atoms with E-state index in [0.717, 1.165) is 37.2 Å². The van der Waals surface area contributed by atoms with Gasteiger partial charge in [-0.25, -0.2) is 0 Å². The number of amides is 1. The molecule has 1 saturated heterocycles. The highest BCUT2D eigenvalue weighted by molar-refractivity contribution is 5.97. The predicted octanol–water partition coefficient (Wildman–Crippen LogP) is 2.64. The highest BCUT2D eigenvalue weighted by Crippen LogP contribution is 2.32. The first-order chi connectivity index (χ1) is 9.19. The molecule has 1 aromatic carbocycles. The number of rotatable bonds is 3. The van der Waals surface area contributed by atoms with Gasteiger partial charge < -0.3 is 14.4 Å². The van der Waals surface area contributed by atoms with Crippen molar-refractivity contribution in [3.8, 4) is 11.5 Å². The number of ether oxygens (including phenoxy) is 2. The zero-order valence-corrected chi connectivity index (χ0v) is 11.9. The third-order valence-electron chi connectivity index (χ3n) is 3.65. The van der Waals surface area contributed by atoms with Gasteiger partial charge >= 0.3 is 0 Å². The van der Waals surface area contributed by atoms with E-state index in [1.54, 1.807) is 20.3 Å². The fraction of sp³-hybridized carbons (Fsp3) is 0.533. The zero-order chi connectivity index (χ0) is 13.8. The summed E-state index contributed by atoms with van der Waals surface area (Å²) in [6.45, 7) is 3.59. The van der Waals surface area contributed by atoms with Gasteiger partial charge in [0.05, 0.1) is 19.8 Å². The molecule has 0 unspecified atom stereocenters. The minimum absolute atomic E-state index is 0.0577. The van der Waals surface area contributed by atoms with Gasteiger partial charge in [-0.2, -0.15) is 0 Å². The smallest absolute Gasteiger partial charge is 0.257 e. The van der Waals surface area contributed by atoms with Crippen molar-refractivity contribution in [2.24, 2.45) is 0 Å². The average molecular weight is 263 g/mol. The van der Waals surface area contributed by atoms with Gasteiger partial charge in [0.1, 0.15) is 11.5 Å². The molecule has 4 nitrogen and oxygen atoms in total. The van der Waals surface area contributed by atoms with E-state index in [2.05, 4.69) is 0 Å². The molecule has 19 heavy (non-hydrogen) atoms. The Morgan fingerprint density at radius 2 is 1.79 bits per heavy atom. The molecule has 104 valence electrons. The molecule has 0 radical (unpaired) electrons. The first-order valence-corrected chi connectivity index (χ1v) is 6.70. The Hall–Kier alpha value is -1.71. The second-order valence-electron chi connectivity index (χ2n) is 4.83. The Morgan fingerprint density at radius 1 is 1.11 bits per heavy atom. The van der Waals surface area contributed by atoms with Crippen molar-refractivity contribution in [1.82, 2.24) is 4.90 Å². The number of nitrogens with zero attached hydrogens (tertiary/aromatic N) is 1. The van der Waals surface area contributed by atoms with Crippen LogP contribution in [0, 0.1) is 6.92 Å². The van der Waals surface area contributed by atoms with Gasteiger partial charge in [-0.1, -0.05) is 0 Å². The van der Waals surface area contributed by atoms with Crippen LogP contribution in [0.5, 0.6) is 11.5 Å². The topological polar surface area (TPSA) is 38.8 Å². The third-order valence-corrected chi connectivity index (χ3v) is 3.65. The summed E-state index contributed by atoms with van der Waals surface area (Å²) in [5.41, 5.74) is 1.50. The number of hydrogen-bond donors (Lipinski definition) is 0. The molecule has 4 heteroatoms. The van der Waals surface area contributed by atoms with Gasteiger partial charge in [-0.15, -0.1) is 0 Å². The van der Waals surface area contributed by atoms with Crippen LogP contribution in [0.2, 0.25) is 0 Å². The van der Waals surface area contributed by atoms with Gasteiger partial charge in [0, 0.05) is 18.7 Å². The minimum Gasteiger partial charge on any atom is -0.496 e. The van der Waals surface area contributed by atoms with E-state index < -0.39 is 0 Å². The molecular formula is C15H21NO3. The fourth-order valence-electron chi connectivity index (χ4n) is 2.59. The molecule has 0 spiro atoms. The number of carbonyl (C=O) groups excluding carboxylic acids is 1. The van der Waals surface area contributed by atoms with Crippen LogP contribution >= 0.6 is 0 Å². The maximum absolute atomic E-state index is 12.5. The van der Waals surface area contributed by atoms with Crippen LogP contribution in [0.4, 0.5) is 0 Å². The maximum atomic E-state index is 12.5. The highest BCUT2D eigenvalue weighted by atomic mass is 16.5. The van der Waals surface area contributed by atoms with E-state index in [0.29, 0.717) is 11.3 Å². The van der Waals surface area contributed by atoms with Crippen LogP contribution in [0.1, 0.15) is 35.2 Å². The summed E-state index contributed by atoms with van der Waals surface area (Å²) in [5.74, 6) is 1.42. The predicted molar refractivity (Wildman–Crippen MR) is 74.0 cm³/mol. The number of hydrogen-bond acceptors (Lipinski definition) is 3. The lowest BCUT2D eigenvalue weighted by Crippen LogP contribution is -2.35. The molecule has 0 aliphatic carbocycles. The quantitative estimate of drug-likeness (QED) is 0.841. The van der Waals surface area contributed by atoms with E-state index >= 15 is 0 Å². The minimum atomic E-state index is 0.0577. The Kier molecular flexibility index (Phi) is 4.30. The van der Waals surface area contributed by atoms with Crippen molar-refractivity contribution in [2.75, 3.05) is 27.3 Å². The summed E-state index contributed by atoms with van der Waals surface area (Å²) in [6, 6.07) is 3.62. The van der Waals surface area contributed by atoms with Gasteiger partial charge in [0.2, 0.25) is 0 Å². The zero-order valence-electron chi connectivity index (χ0n) is 11.9. The molecule has 0 atom stereocenters. The molecule has 0 bridgehead atoms. The molecule has 0 saturated carbocycles. The molecule has 1 heterocycles. The van der Waals surface area contributed by atoms with Crippen molar-refractivity contribution >= 4 is 5.91 Å². The molecule has 0 N–H and O–H groups in total. The van der Waals surface area contributed by atoms with E-state index in [1.807, 2.05) is 17.9 Å². The van der Waals surface area contributed by atoms with E-state index in [1.165, 1.54) is 6.42 Å². The number of carbonyl (C=O) groups is 1. The van der Waals surface area contributed by atoms with Crippen LogP contribution in [0.15, 0.2) is 12.1 Å². The number of benzene rings is 1. The third kappa shape index (κ3) is 2.67. The Bertz CT molecular complexity index is 465. The monoisotopic (exact) mass is 263 g/mol. The van der Waals surface area contributed by atoms with Crippen LogP contribution in [-0.2, 0) is 0 Å². The van der Waals surface area contributed by atoms with E-state index in [9.17, 15) is 4.79 Å². The molecule has 1 amide bonds. The molecule has 1 fully saturated rings. The van der Waals surface area contributed by atoms with Crippen LogP contribution in [0.25, 0.3) is 0 Å². The first kappa shape index (κ1) is 13.7. The van der Waals surface area contributed by atoms with E-state index in [4.69, 9.17) is 9.47 Å². The SMILES string of the molecule is COc1ccc(C(=O)N2CCCCC2)c(OC)c1C. The van der Waals surface area contributed by atoms with Gasteiger partial charge in [-0.3, -0.25) is 4.79 Å². The van der Waals surface area contributed by atoms with Gasteiger partial charge in [0.15, 0.2) is 0 Å². The van der Waals surface area contributed by atoms with Crippen molar-refractivity contribution in [3.05, 3.63) is 23.3 Å². The van der Waals surface area contributed by atoms with Crippen molar-refractivity contribution in [2.45, 2.75) is 26.2 Å². The standard InChI is InChI=1S/C15H21NO3/c1-11-13(18-2)8-7-12(14(11)19-3)15(17)16-9-5-4-6-10-16/h7-8H,4-6,9-10H2,1-3H3. The van der Waals surface area contributed by atoms with Gasteiger partial charge in [-0.05, 0) is 38.3 Å². The molecule has 1 aliphatic rings. The van der Waals surface area contributed by atoms with Crippen LogP contribution in [0.3, 0.4) is 0 Å². The lowest BCUT2D eigenvalue weighted by molar-refractivity contribution is 0.0720. The van der Waals surface area contributed by atoms with Crippen molar-refractivity contribution < 1.29 is 14.3 Å². The number of piperidine rings is 1. The summed E-state index contributed by atoms with van der Waals surface area (Å²) in [5, 5.41) is 0. The molecule has 1 aliphatic heterocycles. The first-order valence-electron chi connectivity index (χ1n) is 6.70. The number of methoxy groups -OCH3 is 2. The van der Waals surface area contributed by atoms with Crippen LogP contribution in [-0.4, -0.2) is 38.1 Å². The van der Waals surface area contributed by atoms with E-state index in [-0.39, 0.29) is 5.91 Å². The summed E-state index contributed by atoms with van der Waals surface area (Å²) in [6.07, 6.45) is 3.38. The van der Waals surface area contributed by atoms with Gasteiger partial charge in [0.25, 0.3) is 5.91 Å². The van der Waals surface area contributed by atoms with Crippen LogP contribution < -0.4 is 9.47 Å². The lowest BCUT2D eigenvalue weighted by atomic mass is 10.1. The Labute approximate surface area is 114 Å². The average Bonchev–Trinajstić information content (AvgIpc) is 2.47. The van der Waals surface area contributed by atoms with Crippen molar-refractivity contribution in [1.29, 1.82) is 0 Å². The Balaban J connectivity index is 2.33. The highest BCUT2D eigenvalue weighted by Gasteiger charge is 2.23. The Morgan fingerprint density at radius 3 is 2.37 bits per heavy atom. The fourth-order valence-corrected chi connectivity index (χ4v) is 2.59. The molecular weight excluding hydrogens is 242 g/mol. The second-order valence-corrected chi connectivity index (χ2v) is 4.83. The molecule has 1 aromatic rings. The van der Waals surface area contributed by atoms with Crippen molar-refractivity contribution in [3.63, 3.8) is 0 Å². The number of likely N-dealkylation sites (tertiary alicyclic amines) is 1. The largest absolute Gasteiger partial charge is 0.496 e. The maximum Gasteiger partial charge on any atom is 0.257 e. The summed E-state index contributed by atoms with van der Waals surface area (Å²) in [7, 11) is 3.21. The molecule has 2 rings (SSSR count). The molecule has 0 aromatic heterocycles.